The fourth-order valence-electron chi connectivity index (χ4n) is 2.57. The van der Waals surface area contributed by atoms with Gasteiger partial charge in [0.25, 0.3) is 0 Å². The zero-order valence-electron chi connectivity index (χ0n) is 15.2. The molecule has 6 nitrogen and oxygen atoms in total. The molecule has 1 saturated carbocycles. The smallest absolute Gasteiger partial charge is 0.246 e. The van der Waals surface area contributed by atoms with Crippen LogP contribution in [0.15, 0.2) is 42.5 Å². The number of carbonyl (C=O) groups is 2. The van der Waals surface area contributed by atoms with Crippen molar-refractivity contribution in [3.63, 3.8) is 0 Å². The van der Waals surface area contributed by atoms with Gasteiger partial charge in [0, 0.05) is 22.3 Å². The molecule has 0 bridgehead atoms. The van der Waals surface area contributed by atoms with Crippen LogP contribution in [0.25, 0.3) is 0 Å². The molecule has 0 heterocycles. The summed E-state index contributed by atoms with van der Waals surface area (Å²) in [5.74, 6) is 0.548. The standard InChI is InChI=1S/C20H22ClN3O3/c1-12(19(25)24-17-11-14(21)5-10-18(17)27-2)22-15-6-8-16(9-7-15)23-20(26)13-3-4-13/h5-13,22H,3-4H2,1-2H3,(H,23,26)(H,24,25). The molecule has 1 atom stereocenters. The van der Waals surface area contributed by atoms with Crippen LogP contribution in [0.5, 0.6) is 5.75 Å². The first-order chi connectivity index (χ1) is 13.0. The number of hydrogen-bond acceptors (Lipinski definition) is 4. The number of halogens is 1. The molecule has 2 aromatic rings. The quantitative estimate of drug-likeness (QED) is 0.667. The molecule has 7 heteroatoms. The summed E-state index contributed by atoms with van der Waals surface area (Å²) < 4.78 is 5.24. The minimum atomic E-state index is -0.486. The topological polar surface area (TPSA) is 79.5 Å². The zero-order valence-corrected chi connectivity index (χ0v) is 16.0. The summed E-state index contributed by atoms with van der Waals surface area (Å²) in [6.45, 7) is 1.76. The van der Waals surface area contributed by atoms with Gasteiger partial charge in [-0.1, -0.05) is 11.6 Å². The van der Waals surface area contributed by atoms with Crippen LogP contribution in [0.4, 0.5) is 17.1 Å². The molecule has 142 valence electrons. The maximum absolute atomic E-state index is 12.5. The SMILES string of the molecule is COc1ccc(Cl)cc1NC(=O)C(C)Nc1ccc(NC(=O)C2CC2)cc1. The number of hydrogen-bond donors (Lipinski definition) is 3. The number of rotatable bonds is 7. The molecule has 1 fully saturated rings. The van der Waals surface area contributed by atoms with Gasteiger partial charge in [-0.05, 0) is 62.2 Å². The third-order valence-corrected chi connectivity index (χ3v) is 4.53. The summed E-state index contributed by atoms with van der Waals surface area (Å²) in [5.41, 5.74) is 2.04. The van der Waals surface area contributed by atoms with E-state index in [0.717, 1.165) is 24.2 Å². The average molecular weight is 388 g/mol. The minimum Gasteiger partial charge on any atom is -0.495 e. The Hall–Kier alpha value is -2.73. The third kappa shape index (κ3) is 5.14. The lowest BCUT2D eigenvalue weighted by Crippen LogP contribution is -2.32. The van der Waals surface area contributed by atoms with Gasteiger partial charge in [0.2, 0.25) is 11.8 Å². The van der Waals surface area contributed by atoms with Crippen molar-refractivity contribution in [1.29, 1.82) is 0 Å². The molecule has 0 radical (unpaired) electrons. The molecule has 1 aliphatic rings. The third-order valence-electron chi connectivity index (χ3n) is 4.30. The molecule has 0 spiro atoms. The molecule has 1 unspecified atom stereocenters. The lowest BCUT2D eigenvalue weighted by Gasteiger charge is -2.17. The van der Waals surface area contributed by atoms with E-state index in [1.807, 2.05) is 24.3 Å². The van der Waals surface area contributed by atoms with Crippen molar-refractivity contribution in [1.82, 2.24) is 0 Å². The van der Waals surface area contributed by atoms with Crippen LogP contribution in [0.3, 0.4) is 0 Å². The number of benzene rings is 2. The number of amides is 2. The Labute approximate surface area is 163 Å². The van der Waals surface area contributed by atoms with E-state index < -0.39 is 6.04 Å². The van der Waals surface area contributed by atoms with Crippen molar-refractivity contribution in [2.75, 3.05) is 23.1 Å². The van der Waals surface area contributed by atoms with E-state index in [1.54, 1.807) is 25.1 Å². The number of nitrogens with one attached hydrogen (secondary N) is 3. The summed E-state index contributed by atoms with van der Waals surface area (Å²) in [5, 5.41) is 9.34. The van der Waals surface area contributed by atoms with Crippen LogP contribution in [0.1, 0.15) is 19.8 Å². The molecule has 27 heavy (non-hydrogen) atoms. The van der Waals surface area contributed by atoms with E-state index >= 15 is 0 Å². The molecular formula is C20H22ClN3O3. The summed E-state index contributed by atoms with van der Waals surface area (Å²) in [4.78, 5) is 24.2. The Kier molecular flexibility index (Phi) is 5.86. The predicted octanol–water partition coefficient (Wildman–Crippen LogP) is 4.14. The second-order valence-electron chi connectivity index (χ2n) is 6.54. The summed E-state index contributed by atoms with van der Waals surface area (Å²) in [7, 11) is 1.53. The summed E-state index contributed by atoms with van der Waals surface area (Å²) in [6, 6.07) is 11.8. The molecule has 2 amide bonds. The van der Waals surface area contributed by atoms with Crippen molar-refractivity contribution in [3.8, 4) is 5.75 Å². The maximum atomic E-state index is 12.5. The largest absolute Gasteiger partial charge is 0.495 e. The van der Waals surface area contributed by atoms with Crippen molar-refractivity contribution in [2.45, 2.75) is 25.8 Å². The van der Waals surface area contributed by atoms with E-state index in [2.05, 4.69) is 16.0 Å². The fourth-order valence-corrected chi connectivity index (χ4v) is 2.75. The highest BCUT2D eigenvalue weighted by atomic mass is 35.5. The van der Waals surface area contributed by atoms with Crippen LogP contribution >= 0.6 is 11.6 Å². The van der Waals surface area contributed by atoms with E-state index in [1.165, 1.54) is 7.11 Å². The molecule has 2 aromatic carbocycles. The molecule has 0 aliphatic heterocycles. The van der Waals surface area contributed by atoms with E-state index in [-0.39, 0.29) is 17.7 Å². The highest BCUT2D eigenvalue weighted by Crippen LogP contribution is 2.30. The average Bonchev–Trinajstić information content (AvgIpc) is 3.49. The van der Waals surface area contributed by atoms with Gasteiger partial charge in [-0.2, -0.15) is 0 Å². The first-order valence-corrected chi connectivity index (χ1v) is 9.16. The number of anilines is 3. The maximum Gasteiger partial charge on any atom is 0.246 e. The Morgan fingerprint density at radius 1 is 1.07 bits per heavy atom. The zero-order chi connectivity index (χ0) is 19.4. The first kappa shape index (κ1) is 19.0. The molecule has 1 aliphatic carbocycles. The Morgan fingerprint density at radius 3 is 2.37 bits per heavy atom. The lowest BCUT2D eigenvalue weighted by atomic mass is 10.2. The number of ether oxygens (including phenoxy) is 1. The molecular weight excluding hydrogens is 366 g/mol. The normalized spacial score (nSPS) is 14.2. The Morgan fingerprint density at radius 2 is 1.74 bits per heavy atom. The van der Waals surface area contributed by atoms with Crippen molar-refractivity contribution in [2.24, 2.45) is 5.92 Å². The van der Waals surface area contributed by atoms with Crippen molar-refractivity contribution in [3.05, 3.63) is 47.5 Å². The number of methoxy groups -OCH3 is 1. The second-order valence-corrected chi connectivity index (χ2v) is 6.98. The van der Waals surface area contributed by atoms with Gasteiger partial charge < -0.3 is 20.7 Å². The monoisotopic (exact) mass is 387 g/mol. The predicted molar refractivity (Wildman–Crippen MR) is 108 cm³/mol. The fraction of sp³-hybridized carbons (Fsp3) is 0.300. The van der Waals surface area contributed by atoms with Crippen LogP contribution in [0, 0.1) is 5.92 Å². The van der Waals surface area contributed by atoms with Crippen molar-refractivity contribution < 1.29 is 14.3 Å². The van der Waals surface area contributed by atoms with E-state index in [0.29, 0.717) is 16.5 Å². The molecule has 3 N–H and O–H groups in total. The van der Waals surface area contributed by atoms with Gasteiger partial charge in [0.1, 0.15) is 11.8 Å². The van der Waals surface area contributed by atoms with Crippen LogP contribution in [0.2, 0.25) is 5.02 Å². The molecule has 3 rings (SSSR count). The Balaban J connectivity index is 1.57. The van der Waals surface area contributed by atoms with Gasteiger partial charge in [-0.3, -0.25) is 9.59 Å². The van der Waals surface area contributed by atoms with Crippen LogP contribution in [-0.2, 0) is 9.59 Å². The van der Waals surface area contributed by atoms with Gasteiger partial charge in [0.05, 0.1) is 12.8 Å². The first-order valence-electron chi connectivity index (χ1n) is 8.78. The van der Waals surface area contributed by atoms with Crippen molar-refractivity contribution >= 4 is 40.5 Å². The van der Waals surface area contributed by atoms with Crippen LogP contribution in [-0.4, -0.2) is 25.0 Å². The lowest BCUT2D eigenvalue weighted by molar-refractivity contribution is -0.117. The second kappa shape index (κ2) is 8.31. The van der Waals surface area contributed by atoms with Gasteiger partial charge in [-0.15, -0.1) is 0 Å². The van der Waals surface area contributed by atoms with Gasteiger partial charge >= 0.3 is 0 Å². The highest BCUT2D eigenvalue weighted by Gasteiger charge is 2.29. The Bertz CT molecular complexity index is 835. The van der Waals surface area contributed by atoms with Gasteiger partial charge in [-0.25, -0.2) is 0 Å². The molecule has 0 saturated heterocycles. The summed E-state index contributed by atoms with van der Waals surface area (Å²) in [6.07, 6.45) is 1.94. The highest BCUT2D eigenvalue weighted by molar-refractivity contribution is 6.31. The van der Waals surface area contributed by atoms with E-state index in [4.69, 9.17) is 16.3 Å². The minimum absolute atomic E-state index is 0.0684. The van der Waals surface area contributed by atoms with Gasteiger partial charge in [0.15, 0.2) is 0 Å². The summed E-state index contributed by atoms with van der Waals surface area (Å²) >= 11 is 5.99. The van der Waals surface area contributed by atoms with E-state index in [9.17, 15) is 9.59 Å². The molecule has 0 aromatic heterocycles. The van der Waals surface area contributed by atoms with Crippen LogP contribution < -0.4 is 20.7 Å². The number of carbonyl (C=O) groups excluding carboxylic acids is 2.